The Hall–Kier alpha value is -6.96. The SMILES string of the molecule is [C-]#[N+]c1ccc(-c2nc(-c3ccccc3)nc(-c3cccc(-c4ccc5c(c4)-c4ccccc4C54c5ccccc5C(C)(C)c5ccccc54)c3)n2)cc1. The second-order valence-corrected chi connectivity index (χ2v) is 14.7. The molecule has 0 N–H and O–H groups in total. The van der Waals surface area contributed by atoms with Crippen molar-refractivity contribution in [3.05, 3.63) is 215 Å². The second kappa shape index (κ2) is 12.0. The third-order valence-corrected chi connectivity index (χ3v) is 11.4. The number of aromatic nitrogens is 3. The Morgan fingerprint density at radius 2 is 0.852 bits per heavy atom. The number of benzene rings is 7. The summed E-state index contributed by atoms with van der Waals surface area (Å²) < 4.78 is 0. The summed E-state index contributed by atoms with van der Waals surface area (Å²) in [6, 6.07) is 60.0. The van der Waals surface area contributed by atoms with Gasteiger partial charge in [-0.25, -0.2) is 19.8 Å². The first kappa shape index (κ1) is 31.7. The lowest BCUT2D eigenvalue weighted by atomic mass is 9.55. The molecule has 0 atom stereocenters. The molecule has 1 aromatic heterocycles. The van der Waals surface area contributed by atoms with Crippen LogP contribution < -0.4 is 0 Å². The number of hydrogen-bond acceptors (Lipinski definition) is 3. The Morgan fingerprint density at radius 1 is 0.389 bits per heavy atom. The third kappa shape index (κ3) is 4.65. The summed E-state index contributed by atoms with van der Waals surface area (Å²) in [6.07, 6.45) is 0. The Kier molecular flexibility index (Phi) is 7.08. The first-order valence-electron chi connectivity index (χ1n) is 18.3. The summed E-state index contributed by atoms with van der Waals surface area (Å²) in [7, 11) is 0. The molecule has 2 aliphatic rings. The predicted octanol–water partition coefficient (Wildman–Crippen LogP) is 12.1. The molecule has 0 amide bonds. The van der Waals surface area contributed by atoms with Crippen molar-refractivity contribution >= 4 is 5.69 Å². The van der Waals surface area contributed by atoms with E-state index >= 15 is 0 Å². The number of nitrogens with zero attached hydrogens (tertiary/aromatic N) is 4. The second-order valence-electron chi connectivity index (χ2n) is 14.7. The molecule has 0 unspecified atom stereocenters. The monoisotopic (exact) mass is 690 g/mol. The van der Waals surface area contributed by atoms with E-state index in [1.165, 1.54) is 44.5 Å². The Balaban J connectivity index is 1.13. The van der Waals surface area contributed by atoms with Crippen molar-refractivity contribution in [2.75, 3.05) is 0 Å². The summed E-state index contributed by atoms with van der Waals surface area (Å²) in [5.41, 5.74) is 15.5. The largest absolute Gasteiger partial charge is 0.238 e. The molecular formula is C50H34N4. The van der Waals surface area contributed by atoms with Crippen LogP contribution in [-0.4, -0.2) is 15.0 Å². The predicted molar refractivity (Wildman–Crippen MR) is 217 cm³/mol. The van der Waals surface area contributed by atoms with Gasteiger partial charge in [0, 0.05) is 22.1 Å². The molecule has 4 nitrogen and oxygen atoms in total. The van der Waals surface area contributed by atoms with Gasteiger partial charge in [-0.15, -0.1) is 0 Å². The van der Waals surface area contributed by atoms with Crippen molar-refractivity contribution in [1.82, 2.24) is 15.0 Å². The maximum atomic E-state index is 7.39. The molecule has 0 fully saturated rings. The van der Waals surface area contributed by atoms with Gasteiger partial charge in [0.2, 0.25) is 0 Å². The Labute approximate surface area is 315 Å². The quantitative estimate of drug-likeness (QED) is 0.173. The van der Waals surface area contributed by atoms with Gasteiger partial charge in [-0.3, -0.25) is 0 Å². The van der Waals surface area contributed by atoms with E-state index in [9.17, 15) is 0 Å². The average Bonchev–Trinajstić information content (AvgIpc) is 3.53. The summed E-state index contributed by atoms with van der Waals surface area (Å²) in [5.74, 6) is 1.76. The van der Waals surface area contributed by atoms with Gasteiger partial charge in [0.25, 0.3) is 0 Å². The first-order chi connectivity index (χ1) is 26.5. The Morgan fingerprint density at radius 3 is 1.50 bits per heavy atom. The molecular weight excluding hydrogens is 657 g/mol. The van der Waals surface area contributed by atoms with Crippen molar-refractivity contribution in [1.29, 1.82) is 0 Å². The summed E-state index contributed by atoms with van der Waals surface area (Å²) in [4.78, 5) is 18.4. The van der Waals surface area contributed by atoms with E-state index in [1.807, 2.05) is 42.5 Å². The fourth-order valence-electron chi connectivity index (χ4n) is 8.92. The topological polar surface area (TPSA) is 43.0 Å². The van der Waals surface area contributed by atoms with Crippen molar-refractivity contribution in [3.8, 4) is 56.4 Å². The van der Waals surface area contributed by atoms with Crippen LogP contribution in [0.15, 0.2) is 170 Å². The zero-order chi connectivity index (χ0) is 36.4. The highest BCUT2D eigenvalue weighted by Crippen LogP contribution is 2.62. The van der Waals surface area contributed by atoms with Crippen LogP contribution in [0.4, 0.5) is 5.69 Å². The van der Waals surface area contributed by atoms with Crippen LogP contribution in [0.1, 0.15) is 47.2 Å². The smallest absolute Gasteiger partial charge is 0.187 e. The van der Waals surface area contributed by atoms with E-state index < -0.39 is 5.41 Å². The molecule has 8 aromatic rings. The lowest BCUT2D eigenvalue weighted by Gasteiger charge is -2.46. The molecule has 0 saturated heterocycles. The van der Waals surface area contributed by atoms with Gasteiger partial charge in [0.1, 0.15) is 0 Å². The van der Waals surface area contributed by atoms with E-state index in [0.29, 0.717) is 23.2 Å². The molecule has 7 aromatic carbocycles. The highest BCUT2D eigenvalue weighted by molar-refractivity contribution is 5.91. The highest BCUT2D eigenvalue weighted by atomic mass is 15.0. The van der Waals surface area contributed by atoms with Crippen molar-refractivity contribution in [3.63, 3.8) is 0 Å². The molecule has 0 aliphatic heterocycles. The van der Waals surface area contributed by atoms with Crippen LogP contribution >= 0.6 is 0 Å². The summed E-state index contributed by atoms with van der Waals surface area (Å²) in [6.45, 7) is 12.1. The molecule has 54 heavy (non-hydrogen) atoms. The highest BCUT2D eigenvalue weighted by Gasteiger charge is 2.53. The minimum Gasteiger partial charge on any atom is -0.238 e. The summed E-state index contributed by atoms with van der Waals surface area (Å²) >= 11 is 0. The molecule has 0 saturated carbocycles. The van der Waals surface area contributed by atoms with Crippen molar-refractivity contribution in [2.24, 2.45) is 0 Å². The van der Waals surface area contributed by atoms with Crippen LogP contribution in [0.25, 0.3) is 61.3 Å². The van der Waals surface area contributed by atoms with E-state index in [4.69, 9.17) is 21.5 Å². The fraction of sp³-hybridized carbons (Fsp3) is 0.0800. The van der Waals surface area contributed by atoms with Gasteiger partial charge < -0.3 is 0 Å². The van der Waals surface area contributed by atoms with E-state index in [0.717, 1.165) is 27.8 Å². The zero-order valence-electron chi connectivity index (χ0n) is 30.0. The van der Waals surface area contributed by atoms with Gasteiger partial charge in [-0.05, 0) is 67.8 Å². The zero-order valence-corrected chi connectivity index (χ0v) is 30.0. The van der Waals surface area contributed by atoms with Crippen LogP contribution in [0.2, 0.25) is 0 Å². The third-order valence-electron chi connectivity index (χ3n) is 11.4. The van der Waals surface area contributed by atoms with Crippen LogP contribution in [0, 0.1) is 6.57 Å². The molecule has 254 valence electrons. The van der Waals surface area contributed by atoms with E-state index in [2.05, 4.69) is 134 Å². The molecule has 4 heteroatoms. The molecule has 10 rings (SSSR count). The van der Waals surface area contributed by atoms with Gasteiger partial charge in [-0.1, -0.05) is 172 Å². The maximum Gasteiger partial charge on any atom is 0.187 e. The van der Waals surface area contributed by atoms with Gasteiger partial charge >= 0.3 is 0 Å². The van der Waals surface area contributed by atoms with Gasteiger partial charge in [0.15, 0.2) is 23.2 Å². The molecule has 2 aliphatic carbocycles. The molecule has 1 heterocycles. The fourth-order valence-corrected chi connectivity index (χ4v) is 8.92. The number of hydrogen-bond donors (Lipinski definition) is 0. The Bertz CT molecular complexity index is 2760. The lowest BCUT2D eigenvalue weighted by molar-refractivity contribution is 0.563. The first-order valence-corrected chi connectivity index (χ1v) is 18.3. The van der Waals surface area contributed by atoms with Crippen LogP contribution in [0.3, 0.4) is 0 Å². The van der Waals surface area contributed by atoms with Crippen LogP contribution in [-0.2, 0) is 10.8 Å². The normalized spacial score (nSPS) is 14.0. The van der Waals surface area contributed by atoms with Crippen molar-refractivity contribution < 1.29 is 0 Å². The molecule has 0 radical (unpaired) electrons. The van der Waals surface area contributed by atoms with Gasteiger partial charge in [-0.2, -0.15) is 0 Å². The van der Waals surface area contributed by atoms with Gasteiger partial charge in [0.05, 0.1) is 12.0 Å². The minimum absolute atomic E-state index is 0.132. The lowest BCUT2D eigenvalue weighted by Crippen LogP contribution is -2.40. The summed E-state index contributed by atoms with van der Waals surface area (Å²) in [5, 5.41) is 0. The van der Waals surface area contributed by atoms with E-state index in [1.54, 1.807) is 12.1 Å². The van der Waals surface area contributed by atoms with Crippen LogP contribution in [0.5, 0.6) is 0 Å². The molecule has 1 spiro atoms. The maximum absolute atomic E-state index is 7.39. The van der Waals surface area contributed by atoms with Crippen molar-refractivity contribution in [2.45, 2.75) is 24.7 Å². The van der Waals surface area contributed by atoms with E-state index in [-0.39, 0.29) is 5.41 Å². The molecule has 0 bridgehead atoms. The number of fused-ring (bicyclic) bond motifs is 9. The minimum atomic E-state index is -0.420. The average molecular weight is 691 g/mol. The standard InChI is InChI=1S/C50H34N4/c1-49(2)42-20-9-11-22-44(42)50(45-23-12-10-21-43(45)49)40-19-8-7-18-38(40)39-31-35(26-29-41(39)50)34-16-13-17-36(30-34)48-53-46(32-14-5-4-6-15-32)52-47(54-48)33-24-27-37(51-3)28-25-33/h4-31H,1-2H3. The number of rotatable bonds is 4.